The summed E-state index contributed by atoms with van der Waals surface area (Å²) in [6, 6.07) is 0. The summed E-state index contributed by atoms with van der Waals surface area (Å²) in [6.07, 6.45) is 7.95. The van der Waals surface area contributed by atoms with Crippen LogP contribution in [0.5, 0.6) is 0 Å². The number of allylic oxidation sites excluding steroid dienone is 1. The van der Waals surface area contributed by atoms with E-state index in [9.17, 15) is 9.59 Å². The van der Waals surface area contributed by atoms with Crippen molar-refractivity contribution in [1.29, 1.82) is 0 Å². The second kappa shape index (κ2) is 7.89. The van der Waals surface area contributed by atoms with Crippen LogP contribution in [0.1, 0.15) is 47.0 Å². The van der Waals surface area contributed by atoms with Crippen LogP contribution in [-0.2, 0) is 14.3 Å². The highest BCUT2D eigenvalue weighted by atomic mass is 16.5. The number of hydrogen-bond acceptors (Lipinski definition) is 4. The molecular formula is C20H30N2O3. The van der Waals surface area contributed by atoms with Gasteiger partial charge in [-0.2, -0.15) is 0 Å². The van der Waals surface area contributed by atoms with Crippen LogP contribution in [0.4, 0.5) is 0 Å². The van der Waals surface area contributed by atoms with Gasteiger partial charge in [-0.15, -0.1) is 0 Å². The summed E-state index contributed by atoms with van der Waals surface area (Å²) < 4.78 is 5.83. The monoisotopic (exact) mass is 346 g/mol. The van der Waals surface area contributed by atoms with Crippen molar-refractivity contribution < 1.29 is 14.3 Å². The highest BCUT2D eigenvalue weighted by Crippen LogP contribution is 2.25. The van der Waals surface area contributed by atoms with Gasteiger partial charge in [-0.3, -0.25) is 14.5 Å². The van der Waals surface area contributed by atoms with E-state index in [1.165, 1.54) is 11.0 Å². The standard InChI is InChI=1S/C20H30N2O3/c1-15(19(24)22-11-7-6-8-18(22)23)14-17-9-12-21(13-10-17)16(2)25-20(3,4)5/h6,8,14,17H,2,7,9-13H2,1,3-5H3/b15-14+. The van der Waals surface area contributed by atoms with E-state index in [4.69, 9.17) is 4.74 Å². The number of nitrogens with zero attached hydrogens (tertiary/aromatic N) is 2. The quantitative estimate of drug-likeness (QED) is 0.579. The lowest BCUT2D eigenvalue weighted by atomic mass is 9.94. The highest BCUT2D eigenvalue weighted by Gasteiger charge is 2.25. The molecule has 2 aliphatic heterocycles. The van der Waals surface area contributed by atoms with Gasteiger partial charge in [-0.05, 0) is 65.5 Å². The Kier molecular flexibility index (Phi) is 6.09. The van der Waals surface area contributed by atoms with Gasteiger partial charge >= 0.3 is 0 Å². The van der Waals surface area contributed by atoms with Crippen LogP contribution in [-0.4, -0.2) is 46.8 Å². The molecule has 0 aliphatic carbocycles. The first-order chi connectivity index (χ1) is 11.7. The average molecular weight is 346 g/mol. The van der Waals surface area contributed by atoms with Gasteiger partial charge in [0.25, 0.3) is 11.8 Å². The Hall–Kier alpha value is -2.04. The summed E-state index contributed by atoms with van der Waals surface area (Å²) in [7, 11) is 0. The van der Waals surface area contributed by atoms with Crippen LogP contribution in [0.3, 0.4) is 0 Å². The van der Waals surface area contributed by atoms with Gasteiger partial charge in [-0.25, -0.2) is 0 Å². The Bertz CT molecular complexity index is 591. The number of carbonyl (C=O) groups excluding carboxylic acids is 2. The molecule has 2 rings (SSSR count). The van der Waals surface area contributed by atoms with Crippen LogP contribution >= 0.6 is 0 Å². The maximum Gasteiger partial charge on any atom is 0.256 e. The topological polar surface area (TPSA) is 49.9 Å². The van der Waals surface area contributed by atoms with E-state index in [1.54, 1.807) is 0 Å². The zero-order valence-electron chi connectivity index (χ0n) is 15.9. The normalized spacial score (nSPS) is 20.0. The van der Waals surface area contributed by atoms with Gasteiger partial charge in [0, 0.05) is 25.2 Å². The molecule has 0 bridgehead atoms. The van der Waals surface area contributed by atoms with Crippen molar-refractivity contribution in [2.45, 2.75) is 52.6 Å². The minimum Gasteiger partial charge on any atom is -0.474 e. The summed E-state index contributed by atoms with van der Waals surface area (Å²) in [4.78, 5) is 27.8. The smallest absolute Gasteiger partial charge is 0.256 e. The van der Waals surface area contributed by atoms with E-state index in [0.29, 0.717) is 23.9 Å². The Labute approximate surface area is 151 Å². The molecule has 0 unspecified atom stereocenters. The summed E-state index contributed by atoms with van der Waals surface area (Å²) in [5.41, 5.74) is 0.415. The number of carbonyl (C=O) groups is 2. The third-order valence-corrected chi connectivity index (χ3v) is 4.43. The lowest BCUT2D eigenvalue weighted by Gasteiger charge is -2.36. The summed E-state index contributed by atoms with van der Waals surface area (Å²) in [6.45, 7) is 14.1. The van der Waals surface area contributed by atoms with Gasteiger partial charge in [0.1, 0.15) is 5.60 Å². The second-order valence-electron chi connectivity index (χ2n) is 7.77. The summed E-state index contributed by atoms with van der Waals surface area (Å²) in [5.74, 6) is 0.679. The first-order valence-electron chi connectivity index (χ1n) is 9.01. The maximum absolute atomic E-state index is 12.5. The van der Waals surface area contributed by atoms with E-state index in [2.05, 4.69) is 11.5 Å². The van der Waals surface area contributed by atoms with Crippen LogP contribution in [0.2, 0.25) is 0 Å². The van der Waals surface area contributed by atoms with Gasteiger partial charge in [0.2, 0.25) is 0 Å². The second-order valence-corrected chi connectivity index (χ2v) is 7.77. The minimum atomic E-state index is -0.244. The fourth-order valence-electron chi connectivity index (χ4n) is 3.16. The number of ether oxygens (including phenoxy) is 1. The molecule has 0 aromatic carbocycles. The van der Waals surface area contributed by atoms with Crippen LogP contribution in [0.15, 0.2) is 36.3 Å². The van der Waals surface area contributed by atoms with Crippen molar-refractivity contribution in [3.05, 3.63) is 36.3 Å². The number of rotatable bonds is 4. The lowest BCUT2D eigenvalue weighted by molar-refractivity contribution is -0.139. The first kappa shape index (κ1) is 19.3. The third-order valence-electron chi connectivity index (χ3n) is 4.43. The van der Waals surface area contributed by atoms with Gasteiger partial charge in [-0.1, -0.05) is 12.2 Å². The molecule has 1 saturated heterocycles. The fraction of sp³-hybridized carbons (Fsp3) is 0.600. The molecule has 2 aliphatic rings. The Morgan fingerprint density at radius 3 is 2.48 bits per heavy atom. The van der Waals surface area contributed by atoms with E-state index in [1.807, 2.05) is 39.8 Å². The molecule has 0 aromatic rings. The number of piperidine rings is 1. The fourth-order valence-corrected chi connectivity index (χ4v) is 3.16. The minimum absolute atomic E-state index is 0.169. The predicted molar refractivity (Wildman–Crippen MR) is 98.5 cm³/mol. The zero-order valence-corrected chi connectivity index (χ0v) is 15.9. The Morgan fingerprint density at radius 1 is 1.28 bits per heavy atom. The number of imide groups is 1. The van der Waals surface area contributed by atoms with Crippen molar-refractivity contribution in [1.82, 2.24) is 9.80 Å². The molecule has 0 N–H and O–H groups in total. The third kappa shape index (κ3) is 5.48. The van der Waals surface area contributed by atoms with E-state index < -0.39 is 0 Å². The maximum atomic E-state index is 12.5. The molecule has 0 spiro atoms. The van der Waals surface area contributed by atoms with Crippen LogP contribution in [0.25, 0.3) is 0 Å². The molecule has 5 nitrogen and oxygen atoms in total. The predicted octanol–water partition coefficient (Wildman–Crippen LogP) is 3.25. The van der Waals surface area contributed by atoms with Crippen molar-refractivity contribution in [2.24, 2.45) is 5.92 Å². The zero-order chi connectivity index (χ0) is 18.6. The first-order valence-corrected chi connectivity index (χ1v) is 9.01. The molecule has 0 radical (unpaired) electrons. The summed E-state index contributed by atoms with van der Waals surface area (Å²) >= 11 is 0. The van der Waals surface area contributed by atoms with Crippen LogP contribution in [0, 0.1) is 5.92 Å². The Balaban J connectivity index is 1.89. The number of hydrogen-bond donors (Lipinski definition) is 0. The largest absolute Gasteiger partial charge is 0.474 e. The van der Waals surface area contributed by atoms with Gasteiger partial charge in [0.15, 0.2) is 5.88 Å². The van der Waals surface area contributed by atoms with Crippen molar-refractivity contribution in [2.75, 3.05) is 19.6 Å². The molecule has 2 heterocycles. The Morgan fingerprint density at radius 2 is 1.92 bits per heavy atom. The average Bonchev–Trinajstić information content (AvgIpc) is 2.53. The van der Waals surface area contributed by atoms with Crippen molar-refractivity contribution in [3.63, 3.8) is 0 Å². The van der Waals surface area contributed by atoms with Gasteiger partial charge in [0.05, 0.1) is 0 Å². The van der Waals surface area contributed by atoms with E-state index in [-0.39, 0.29) is 17.4 Å². The van der Waals surface area contributed by atoms with E-state index in [0.717, 1.165) is 32.4 Å². The molecule has 25 heavy (non-hydrogen) atoms. The molecule has 2 amide bonds. The molecule has 0 aromatic heterocycles. The molecular weight excluding hydrogens is 316 g/mol. The SMILES string of the molecule is C=C(OC(C)(C)C)N1CCC(/C=C(\C)C(=O)N2CCC=CC2=O)CC1. The van der Waals surface area contributed by atoms with Crippen LogP contribution < -0.4 is 0 Å². The molecule has 1 fully saturated rings. The molecule has 138 valence electrons. The lowest BCUT2D eigenvalue weighted by Crippen LogP contribution is -2.39. The number of likely N-dealkylation sites (tertiary alicyclic amines) is 1. The highest BCUT2D eigenvalue weighted by molar-refractivity contribution is 6.07. The van der Waals surface area contributed by atoms with E-state index >= 15 is 0 Å². The van der Waals surface area contributed by atoms with Crippen molar-refractivity contribution >= 4 is 11.8 Å². The molecule has 0 atom stereocenters. The molecule has 0 saturated carbocycles. The number of amides is 2. The molecule has 5 heteroatoms. The van der Waals surface area contributed by atoms with Gasteiger partial charge < -0.3 is 9.64 Å². The van der Waals surface area contributed by atoms with Crippen molar-refractivity contribution in [3.8, 4) is 0 Å². The summed E-state index contributed by atoms with van der Waals surface area (Å²) in [5, 5.41) is 0.